The number of amides is 1. The van der Waals surface area contributed by atoms with Crippen LogP contribution in [0.5, 0.6) is 5.75 Å². The Morgan fingerprint density at radius 3 is 2.90 bits per heavy atom. The van der Waals surface area contributed by atoms with E-state index < -0.39 is 0 Å². The van der Waals surface area contributed by atoms with Crippen molar-refractivity contribution in [2.75, 3.05) is 19.7 Å². The fourth-order valence-corrected chi connectivity index (χ4v) is 3.25. The second-order valence-electron chi connectivity index (χ2n) is 5.71. The largest absolute Gasteiger partial charge is 0.505 e. The molecule has 1 aromatic rings. The Balaban J connectivity index is 1.77. The number of aromatic nitrogens is 1. The topological polar surface area (TPSA) is 62.7 Å². The molecule has 5 nitrogen and oxygen atoms in total. The first kappa shape index (κ1) is 13.4. The normalized spacial score (nSPS) is 21.9. The van der Waals surface area contributed by atoms with Gasteiger partial charge in [0.15, 0.2) is 0 Å². The van der Waals surface area contributed by atoms with Gasteiger partial charge in [0.25, 0.3) is 5.91 Å². The van der Waals surface area contributed by atoms with Crippen molar-refractivity contribution in [1.29, 1.82) is 0 Å². The minimum atomic E-state index is -0.158. The number of pyridine rings is 1. The number of rotatable bonds is 1. The zero-order valence-electron chi connectivity index (χ0n) is 11.5. The average molecular weight is 276 g/mol. The molecular weight excluding hydrogens is 256 g/mol. The molecule has 1 aliphatic carbocycles. The second kappa shape index (κ2) is 5.40. The molecule has 1 aromatic heterocycles. The fraction of sp³-hybridized carbons (Fsp3) is 0.600. The smallest absolute Gasteiger partial charge is 0.257 e. The van der Waals surface area contributed by atoms with Crippen LogP contribution in [0.4, 0.5) is 0 Å². The van der Waals surface area contributed by atoms with Crippen molar-refractivity contribution in [3.63, 3.8) is 0 Å². The maximum atomic E-state index is 12.5. The van der Waals surface area contributed by atoms with Gasteiger partial charge in [-0.25, -0.2) is 0 Å². The molecule has 5 heteroatoms. The Labute approximate surface area is 118 Å². The van der Waals surface area contributed by atoms with E-state index in [0.717, 1.165) is 12.8 Å². The third-order valence-corrected chi connectivity index (χ3v) is 4.33. The summed E-state index contributed by atoms with van der Waals surface area (Å²) in [5.41, 5.74) is 0.169. The molecule has 2 heterocycles. The van der Waals surface area contributed by atoms with Gasteiger partial charge >= 0.3 is 0 Å². The predicted octanol–water partition coefficient (Wildman–Crippen LogP) is 1.96. The first-order valence-corrected chi connectivity index (χ1v) is 7.26. The molecule has 0 aromatic carbocycles. The van der Waals surface area contributed by atoms with Gasteiger partial charge < -0.3 is 14.7 Å². The number of hydrogen-bond acceptors (Lipinski definition) is 4. The van der Waals surface area contributed by atoms with E-state index in [1.165, 1.54) is 31.7 Å². The van der Waals surface area contributed by atoms with Crippen LogP contribution in [0, 0.1) is 0 Å². The van der Waals surface area contributed by atoms with E-state index in [4.69, 9.17) is 4.74 Å². The Kier molecular flexibility index (Phi) is 3.61. The molecule has 108 valence electrons. The van der Waals surface area contributed by atoms with Gasteiger partial charge in [-0.1, -0.05) is 19.3 Å². The highest BCUT2D eigenvalue weighted by molar-refractivity contribution is 5.96. The van der Waals surface area contributed by atoms with Crippen LogP contribution in [-0.2, 0) is 4.74 Å². The van der Waals surface area contributed by atoms with Gasteiger partial charge in [-0.15, -0.1) is 0 Å². The Bertz CT molecular complexity index is 492. The van der Waals surface area contributed by atoms with Crippen LogP contribution in [-0.4, -0.2) is 46.2 Å². The van der Waals surface area contributed by atoms with Gasteiger partial charge in [0.05, 0.1) is 30.5 Å². The van der Waals surface area contributed by atoms with Gasteiger partial charge in [-0.05, 0) is 18.9 Å². The van der Waals surface area contributed by atoms with Crippen molar-refractivity contribution in [1.82, 2.24) is 9.88 Å². The number of carbonyl (C=O) groups excluding carboxylic acids is 1. The van der Waals surface area contributed by atoms with E-state index in [2.05, 4.69) is 4.98 Å². The summed E-state index contributed by atoms with van der Waals surface area (Å²) in [5, 5.41) is 9.77. The Morgan fingerprint density at radius 1 is 1.35 bits per heavy atom. The summed E-state index contributed by atoms with van der Waals surface area (Å²) in [6.07, 6.45) is 8.49. The highest BCUT2D eigenvalue weighted by Crippen LogP contribution is 2.35. The fourth-order valence-electron chi connectivity index (χ4n) is 3.25. The Hall–Kier alpha value is -1.62. The first-order chi connectivity index (χ1) is 9.70. The van der Waals surface area contributed by atoms with Crippen LogP contribution in [0.1, 0.15) is 42.5 Å². The lowest BCUT2D eigenvalue weighted by atomic mass is 9.83. The summed E-state index contributed by atoms with van der Waals surface area (Å²) >= 11 is 0. The van der Waals surface area contributed by atoms with Gasteiger partial charge in [-0.2, -0.15) is 0 Å². The lowest BCUT2D eigenvalue weighted by Gasteiger charge is -2.45. The molecule has 1 N–H and O–H groups in total. The lowest BCUT2D eigenvalue weighted by molar-refractivity contribution is -0.117. The molecule has 1 aliphatic heterocycles. The zero-order valence-corrected chi connectivity index (χ0v) is 11.5. The number of carbonyl (C=O) groups is 1. The summed E-state index contributed by atoms with van der Waals surface area (Å²) < 4.78 is 5.98. The van der Waals surface area contributed by atoms with Crippen LogP contribution in [0.3, 0.4) is 0 Å². The molecule has 0 bridgehead atoms. The van der Waals surface area contributed by atoms with E-state index in [0.29, 0.717) is 25.3 Å². The molecule has 1 saturated heterocycles. The highest BCUT2D eigenvalue weighted by Gasteiger charge is 2.39. The van der Waals surface area contributed by atoms with E-state index in [1.807, 2.05) is 4.90 Å². The summed E-state index contributed by atoms with van der Waals surface area (Å²) in [6, 6.07) is 1.57. The van der Waals surface area contributed by atoms with Crippen molar-refractivity contribution >= 4 is 5.91 Å². The van der Waals surface area contributed by atoms with E-state index in [9.17, 15) is 9.90 Å². The Morgan fingerprint density at radius 2 is 2.15 bits per heavy atom. The minimum Gasteiger partial charge on any atom is -0.505 e. The van der Waals surface area contributed by atoms with E-state index >= 15 is 0 Å². The van der Waals surface area contributed by atoms with Gasteiger partial charge in [0, 0.05) is 12.7 Å². The monoisotopic (exact) mass is 276 g/mol. The number of morpholine rings is 1. The number of nitrogens with zero attached hydrogens (tertiary/aromatic N) is 2. The zero-order chi connectivity index (χ0) is 14.0. The van der Waals surface area contributed by atoms with Crippen molar-refractivity contribution in [3.8, 4) is 5.75 Å². The van der Waals surface area contributed by atoms with Crippen LogP contribution >= 0.6 is 0 Å². The molecule has 0 atom stereocenters. The van der Waals surface area contributed by atoms with Gasteiger partial charge in [0.1, 0.15) is 5.75 Å². The molecule has 0 unspecified atom stereocenters. The standard InChI is InChI=1S/C15H20N2O3/c18-13-10-16-7-4-12(13)14(19)17-8-9-20-15(11-17)5-2-1-3-6-15/h4,7,10,18H,1-3,5-6,8-9,11H2. The maximum absolute atomic E-state index is 12.5. The molecule has 20 heavy (non-hydrogen) atoms. The van der Waals surface area contributed by atoms with Crippen molar-refractivity contribution in [2.24, 2.45) is 0 Å². The van der Waals surface area contributed by atoms with E-state index in [1.54, 1.807) is 6.07 Å². The molecule has 3 rings (SSSR count). The van der Waals surface area contributed by atoms with E-state index in [-0.39, 0.29) is 17.3 Å². The van der Waals surface area contributed by atoms with Crippen molar-refractivity contribution in [2.45, 2.75) is 37.7 Å². The summed E-state index contributed by atoms with van der Waals surface area (Å²) in [6.45, 7) is 1.80. The molecule has 1 amide bonds. The lowest BCUT2D eigenvalue weighted by Crippen LogP contribution is -2.54. The van der Waals surface area contributed by atoms with Crippen LogP contribution < -0.4 is 0 Å². The summed E-state index contributed by atoms with van der Waals surface area (Å²) in [7, 11) is 0. The molecule has 0 radical (unpaired) electrons. The summed E-state index contributed by atoms with van der Waals surface area (Å²) in [5.74, 6) is -0.181. The highest BCUT2D eigenvalue weighted by atomic mass is 16.5. The predicted molar refractivity (Wildman–Crippen MR) is 73.6 cm³/mol. The molecule has 1 spiro atoms. The number of aromatic hydroxyl groups is 1. The summed E-state index contributed by atoms with van der Waals surface area (Å²) in [4.78, 5) is 18.1. The second-order valence-corrected chi connectivity index (χ2v) is 5.71. The van der Waals surface area contributed by atoms with Crippen LogP contribution in [0.15, 0.2) is 18.5 Å². The van der Waals surface area contributed by atoms with Crippen molar-refractivity contribution < 1.29 is 14.6 Å². The third kappa shape index (κ3) is 2.50. The molecule has 2 fully saturated rings. The molecule has 1 saturated carbocycles. The molecular formula is C15H20N2O3. The third-order valence-electron chi connectivity index (χ3n) is 4.33. The maximum Gasteiger partial charge on any atom is 0.257 e. The average Bonchev–Trinajstić information content (AvgIpc) is 2.48. The van der Waals surface area contributed by atoms with Crippen LogP contribution in [0.2, 0.25) is 0 Å². The first-order valence-electron chi connectivity index (χ1n) is 7.26. The molecule has 2 aliphatic rings. The quantitative estimate of drug-likeness (QED) is 0.851. The van der Waals surface area contributed by atoms with Crippen molar-refractivity contribution in [3.05, 3.63) is 24.0 Å². The number of ether oxygens (including phenoxy) is 1. The van der Waals surface area contributed by atoms with Gasteiger partial charge in [0.2, 0.25) is 0 Å². The van der Waals surface area contributed by atoms with Crippen LogP contribution in [0.25, 0.3) is 0 Å². The van der Waals surface area contributed by atoms with Gasteiger partial charge in [-0.3, -0.25) is 9.78 Å². The SMILES string of the molecule is O=C(c1ccncc1O)N1CCOC2(CCCCC2)C1. The minimum absolute atomic E-state index is 0.0540. The number of hydrogen-bond donors (Lipinski definition) is 1.